The van der Waals surface area contributed by atoms with Crippen molar-refractivity contribution in [2.24, 2.45) is 5.73 Å². The molecule has 0 heterocycles. The van der Waals surface area contributed by atoms with Crippen LogP contribution in [-0.2, 0) is 9.59 Å². The van der Waals surface area contributed by atoms with Crippen molar-refractivity contribution < 1.29 is 23.6 Å². The van der Waals surface area contributed by atoms with Gasteiger partial charge in [0.15, 0.2) is 0 Å². The molecule has 0 spiro atoms. The second kappa shape index (κ2) is 9.31. The van der Waals surface area contributed by atoms with Crippen molar-refractivity contribution in [2.75, 3.05) is 30.4 Å². The van der Waals surface area contributed by atoms with Gasteiger partial charge in [-0.15, -0.1) is 0 Å². The Bertz CT molecular complexity index is 873. The number of anilines is 2. The van der Waals surface area contributed by atoms with Gasteiger partial charge in [-0.2, -0.15) is 0 Å². The molecule has 0 bridgehead atoms. The molecule has 0 saturated carbocycles. The number of primary amides is 1. The van der Waals surface area contributed by atoms with Gasteiger partial charge in [0.05, 0.1) is 24.6 Å². The van der Waals surface area contributed by atoms with E-state index in [0.717, 1.165) is 18.2 Å². The number of nitrogens with two attached hydrogens (primary N) is 1. The van der Waals surface area contributed by atoms with Crippen LogP contribution in [0, 0.1) is 15.9 Å². The summed E-state index contributed by atoms with van der Waals surface area (Å²) in [6.45, 7) is -0.0330. The van der Waals surface area contributed by atoms with E-state index in [4.69, 9.17) is 10.5 Å². The van der Waals surface area contributed by atoms with Crippen LogP contribution in [0.5, 0.6) is 5.75 Å². The van der Waals surface area contributed by atoms with Crippen LogP contribution >= 0.6 is 0 Å². The number of carbonyl (C=O) groups is 2. The molecule has 10 heteroatoms. The predicted octanol–water partition coefficient (Wildman–Crippen LogP) is 2.06. The van der Waals surface area contributed by atoms with Gasteiger partial charge in [-0.05, 0) is 36.4 Å². The number of hydrogen-bond donors (Lipinski definition) is 2. The third-order valence-electron chi connectivity index (χ3n) is 3.83. The van der Waals surface area contributed by atoms with Crippen molar-refractivity contribution in [3.05, 3.63) is 58.4 Å². The van der Waals surface area contributed by atoms with Crippen LogP contribution < -0.4 is 20.7 Å². The van der Waals surface area contributed by atoms with E-state index >= 15 is 0 Å². The summed E-state index contributed by atoms with van der Waals surface area (Å²) in [7, 11) is 1.52. The SMILES string of the molecule is COc1ccc(N(CCC(N)=O)CC(=O)Nc2ccc(F)cc2[N+](=O)[O-])cc1. The number of methoxy groups -OCH3 is 1. The molecule has 2 aromatic carbocycles. The van der Waals surface area contributed by atoms with Gasteiger partial charge < -0.3 is 20.7 Å². The lowest BCUT2D eigenvalue weighted by Crippen LogP contribution is -2.35. The van der Waals surface area contributed by atoms with Crippen molar-refractivity contribution in [1.29, 1.82) is 0 Å². The Morgan fingerprint density at radius 1 is 1.25 bits per heavy atom. The van der Waals surface area contributed by atoms with Crippen molar-refractivity contribution in [2.45, 2.75) is 6.42 Å². The number of nitrogens with zero attached hydrogens (tertiary/aromatic N) is 2. The van der Waals surface area contributed by atoms with Crippen molar-refractivity contribution in [1.82, 2.24) is 0 Å². The molecule has 0 fully saturated rings. The van der Waals surface area contributed by atoms with Crippen LogP contribution in [0.4, 0.5) is 21.5 Å². The molecule has 0 aliphatic rings. The topological polar surface area (TPSA) is 128 Å². The second-order valence-corrected chi connectivity index (χ2v) is 5.80. The molecular formula is C18H19FN4O5. The summed E-state index contributed by atoms with van der Waals surface area (Å²) in [4.78, 5) is 35.4. The van der Waals surface area contributed by atoms with Crippen LogP contribution in [0.3, 0.4) is 0 Å². The van der Waals surface area contributed by atoms with Gasteiger partial charge >= 0.3 is 0 Å². The van der Waals surface area contributed by atoms with Gasteiger partial charge in [0.2, 0.25) is 11.8 Å². The Labute approximate surface area is 160 Å². The minimum atomic E-state index is -0.786. The number of rotatable bonds is 9. The van der Waals surface area contributed by atoms with E-state index in [9.17, 15) is 24.1 Å². The van der Waals surface area contributed by atoms with E-state index in [1.807, 2.05) is 0 Å². The molecule has 0 unspecified atom stereocenters. The number of hydrogen-bond acceptors (Lipinski definition) is 6. The number of nitrogens with one attached hydrogen (secondary N) is 1. The van der Waals surface area contributed by atoms with Gasteiger partial charge in [-0.25, -0.2) is 4.39 Å². The largest absolute Gasteiger partial charge is 0.497 e. The first-order chi connectivity index (χ1) is 13.3. The highest BCUT2D eigenvalue weighted by molar-refractivity contribution is 5.96. The quantitative estimate of drug-likeness (QED) is 0.498. The first-order valence-corrected chi connectivity index (χ1v) is 8.21. The Kier molecular flexibility index (Phi) is 6.85. The fourth-order valence-corrected chi connectivity index (χ4v) is 2.46. The number of nitro groups is 1. The van der Waals surface area contributed by atoms with Gasteiger partial charge in [-0.3, -0.25) is 19.7 Å². The zero-order valence-electron chi connectivity index (χ0n) is 15.1. The molecule has 0 aromatic heterocycles. The molecule has 148 valence electrons. The minimum absolute atomic E-state index is 0.00993. The number of halogens is 1. The third-order valence-corrected chi connectivity index (χ3v) is 3.83. The normalized spacial score (nSPS) is 10.2. The number of carbonyl (C=O) groups excluding carboxylic acids is 2. The highest BCUT2D eigenvalue weighted by Gasteiger charge is 2.19. The zero-order chi connectivity index (χ0) is 20.7. The van der Waals surface area contributed by atoms with E-state index in [1.165, 1.54) is 7.11 Å². The average molecular weight is 390 g/mol. The van der Waals surface area contributed by atoms with E-state index in [1.54, 1.807) is 29.2 Å². The number of amides is 2. The molecule has 0 radical (unpaired) electrons. The van der Waals surface area contributed by atoms with Crippen LogP contribution in [0.1, 0.15) is 6.42 Å². The monoisotopic (exact) mass is 390 g/mol. The third kappa shape index (κ3) is 5.66. The summed E-state index contributed by atoms with van der Waals surface area (Å²) in [6, 6.07) is 9.64. The summed E-state index contributed by atoms with van der Waals surface area (Å²) in [5.74, 6) is -1.28. The number of ether oxygens (including phenoxy) is 1. The molecule has 28 heavy (non-hydrogen) atoms. The van der Waals surface area contributed by atoms with Crippen molar-refractivity contribution in [3.63, 3.8) is 0 Å². The summed E-state index contributed by atoms with van der Waals surface area (Å²) < 4.78 is 18.3. The fourth-order valence-electron chi connectivity index (χ4n) is 2.46. The van der Waals surface area contributed by atoms with Crippen molar-refractivity contribution in [3.8, 4) is 5.75 Å². The lowest BCUT2D eigenvalue weighted by molar-refractivity contribution is -0.384. The van der Waals surface area contributed by atoms with E-state index < -0.39 is 28.2 Å². The predicted molar refractivity (Wildman–Crippen MR) is 101 cm³/mol. The molecule has 2 rings (SSSR count). The Morgan fingerprint density at radius 2 is 1.93 bits per heavy atom. The Balaban J connectivity index is 2.17. The summed E-state index contributed by atoms with van der Waals surface area (Å²) in [5.41, 5.74) is 5.14. The van der Waals surface area contributed by atoms with Gasteiger partial charge in [0, 0.05) is 18.7 Å². The second-order valence-electron chi connectivity index (χ2n) is 5.80. The maximum absolute atomic E-state index is 13.2. The van der Waals surface area contributed by atoms with Gasteiger partial charge in [0.25, 0.3) is 5.69 Å². The highest BCUT2D eigenvalue weighted by atomic mass is 19.1. The minimum Gasteiger partial charge on any atom is -0.497 e. The van der Waals surface area contributed by atoms with Gasteiger partial charge in [-0.1, -0.05) is 0 Å². The summed E-state index contributed by atoms with van der Waals surface area (Å²) >= 11 is 0. The molecule has 3 N–H and O–H groups in total. The first kappa shape index (κ1) is 20.6. The van der Waals surface area contributed by atoms with Crippen LogP contribution in [0.25, 0.3) is 0 Å². The Hall–Kier alpha value is -3.69. The molecule has 0 atom stereocenters. The molecule has 2 amide bonds. The molecule has 0 saturated heterocycles. The lowest BCUT2D eigenvalue weighted by atomic mass is 10.2. The summed E-state index contributed by atoms with van der Waals surface area (Å²) in [5, 5.41) is 13.5. The van der Waals surface area contributed by atoms with E-state index in [2.05, 4.69) is 5.32 Å². The molecular weight excluding hydrogens is 371 g/mol. The molecule has 2 aromatic rings. The lowest BCUT2D eigenvalue weighted by Gasteiger charge is -2.24. The maximum Gasteiger partial charge on any atom is 0.295 e. The standard InChI is InChI=1S/C18H19FN4O5/c1-28-14-5-3-13(4-6-14)22(9-8-17(20)24)11-18(25)21-15-7-2-12(19)10-16(15)23(26)27/h2-7,10H,8-9,11H2,1H3,(H2,20,24)(H,21,25). The van der Waals surface area contributed by atoms with E-state index in [-0.39, 0.29) is 25.2 Å². The zero-order valence-corrected chi connectivity index (χ0v) is 15.1. The number of nitro benzene ring substituents is 1. The molecule has 9 nitrogen and oxygen atoms in total. The first-order valence-electron chi connectivity index (χ1n) is 8.21. The van der Waals surface area contributed by atoms with Crippen LogP contribution in [0.15, 0.2) is 42.5 Å². The number of benzene rings is 2. The van der Waals surface area contributed by atoms with Crippen LogP contribution in [-0.4, -0.2) is 36.9 Å². The van der Waals surface area contributed by atoms with Crippen LogP contribution in [0.2, 0.25) is 0 Å². The molecule has 0 aliphatic heterocycles. The van der Waals surface area contributed by atoms with Gasteiger partial charge in [0.1, 0.15) is 17.3 Å². The smallest absolute Gasteiger partial charge is 0.295 e. The van der Waals surface area contributed by atoms with E-state index in [0.29, 0.717) is 11.4 Å². The highest BCUT2D eigenvalue weighted by Crippen LogP contribution is 2.25. The molecule has 0 aliphatic carbocycles. The summed E-state index contributed by atoms with van der Waals surface area (Å²) in [6.07, 6.45) is 0.00993. The van der Waals surface area contributed by atoms with Crippen molar-refractivity contribution >= 4 is 28.9 Å². The average Bonchev–Trinajstić information content (AvgIpc) is 2.66. The maximum atomic E-state index is 13.2. The fraction of sp³-hybridized carbons (Fsp3) is 0.222. The Morgan fingerprint density at radius 3 is 2.50 bits per heavy atom.